The quantitative estimate of drug-likeness (QED) is 0.410. The Balaban J connectivity index is 1.73. The van der Waals surface area contributed by atoms with Gasteiger partial charge in [-0.25, -0.2) is 0 Å². The fraction of sp³-hybridized carbons (Fsp3) is 0.0909. The minimum atomic E-state index is -0.0274. The summed E-state index contributed by atoms with van der Waals surface area (Å²) in [5.41, 5.74) is 3.76. The minimum absolute atomic E-state index is 0.0274. The molecule has 0 bridgehead atoms. The Morgan fingerprint density at radius 2 is 1.50 bits per heavy atom. The molecule has 0 amide bonds. The number of halogens is 2. The van der Waals surface area contributed by atoms with E-state index in [-0.39, 0.29) is 12.3 Å². The Hall–Kier alpha value is -2.63. The van der Waals surface area contributed by atoms with Gasteiger partial charge in [-0.1, -0.05) is 63.9 Å². The Kier molecular flexibility index (Phi) is 5.20. The molecule has 0 radical (unpaired) electrons. The lowest BCUT2D eigenvalue weighted by molar-refractivity contribution is 0.0971. The van der Waals surface area contributed by atoms with Gasteiger partial charge in [0.25, 0.3) is 0 Å². The molecule has 0 aliphatic carbocycles. The molecule has 4 nitrogen and oxygen atoms in total. The third-order valence-electron chi connectivity index (χ3n) is 4.70. The zero-order chi connectivity index (χ0) is 19.7. The number of rotatable bonds is 5. The minimum Gasteiger partial charge on any atom is -0.306 e. The van der Waals surface area contributed by atoms with Crippen LogP contribution in [0.3, 0.4) is 0 Å². The maximum atomic E-state index is 12.8. The van der Waals surface area contributed by atoms with Gasteiger partial charge in [0.15, 0.2) is 5.78 Å². The molecule has 0 aliphatic heterocycles. The zero-order valence-electron chi connectivity index (χ0n) is 14.9. The molecule has 1 N–H and O–H groups in total. The monoisotopic (exact) mass is 453 g/mol. The molecule has 0 saturated carbocycles. The van der Waals surface area contributed by atoms with Crippen molar-refractivity contribution in [2.24, 2.45) is 0 Å². The molecule has 4 rings (SSSR count). The highest BCUT2D eigenvalue weighted by atomic mass is 79.9. The fourth-order valence-corrected chi connectivity index (χ4v) is 3.65. The molecule has 0 aliphatic rings. The molecule has 6 heteroatoms. The van der Waals surface area contributed by atoms with Gasteiger partial charge in [-0.05, 0) is 42.0 Å². The van der Waals surface area contributed by atoms with Gasteiger partial charge in [0.2, 0.25) is 5.62 Å². The first kappa shape index (κ1) is 18.7. The highest BCUT2D eigenvalue weighted by molar-refractivity contribution is 9.10. The van der Waals surface area contributed by atoms with E-state index in [1.807, 2.05) is 65.2 Å². The number of Topliss-reactive ketones (excluding diaryl/α,β-unsaturated/α-hetero) is 1. The first-order valence-corrected chi connectivity index (χ1v) is 9.96. The van der Waals surface area contributed by atoms with E-state index in [0.717, 1.165) is 21.1 Å². The largest absolute Gasteiger partial charge is 0.306 e. The first-order chi connectivity index (χ1) is 13.5. The van der Waals surface area contributed by atoms with Crippen LogP contribution in [-0.2, 0) is 13.1 Å². The summed E-state index contributed by atoms with van der Waals surface area (Å²) < 4.78 is 4.60. The highest BCUT2D eigenvalue weighted by Gasteiger charge is 2.14. The normalized spacial score (nSPS) is 11.1. The molecule has 3 aromatic carbocycles. The van der Waals surface area contributed by atoms with E-state index < -0.39 is 0 Å². The summed E-state index contributed by atoms with van der Waals surface area (Å²) in [6.07, 6.45) is 0. The van der Waals surface area contributed by atoms with Crippen molar-refractivity contribution in [1.29, 1.82) is 5.41 Å². The van der Waals surface area contributed by atoms with E-state index in [1.165, 1.54) is 0 Å². The van der Waals surface area contributed by atoms with Crippen molar-refractivity contribution < 1.29 is 4.79 Å². The van der Waals surface area contributed by atoms with Crippen LogP contribution >= 0.6 is 27.5 Å². The fourth-order valence-electron chi connectivity index (χ4n) is 3.26. The van der Waals surface area contributed by atoms with Crippen molar-refractivity contribution in [1.82, 2.24) is 9.13 Å². The van der Waals surface area contributed by atoms with Gasteiger partial charge in [0.05, 0.1) is 24.1 Å². The third-order valence-corrected chi connectivity index (χ3v) is 5.48. The van der Waals surface area contributed by atoms with Crippen LogP contribution in [0.25, 0.3) is 11.0 Å². The number of carbonyl (C=O) groups is 1. The number of imidazole rings is 1. The van der Waals surface area contributed by atoms with Gasteiger partial charge in [-0.2, -0.15) is 0 Å². The Labute approximate surface area is 175 Å². The summed E-state index contributed by atoms with van der Waals surface area (Å²) in [6, 6.07) is 22.7. The molecular weight excluding hydrogens is 438 g/mol. The predicted molar refractivity (Wildman–Crippen MR) is 115 cm³/mol. The number of carbonyl (C=O) groups excluding carboxylic acids is 1. The van der Waals surface area contributed by atoms with Crippen molar-refractivity contribution in [2.45, 2.75) is 13.1 Å². The van der Waals surface area contributed by atoms with Crippen molar-refractivity contribution in [3.8, 4) is 0 Å². The number of aromatic nitrogens is 2. The second-order valence-electron chi connectivity index (χ2n) is 6.54. The van der Waals surface area contributed by atoms with Crippen LogP contribution in [0.4, 0.5) is 0 Å². The summed E-state index contributed by atoms with van der Waals surface area (Å²) in [5, 5.41) is 9.38. The molecule has 0 fully saturated rings. The van der Waals surface area contributed by atoms with E-state index in [2.05, 4.69) is 15.9 Å². The SMILES string of the molecule is N=c1n(CC(=O)c2ccc(Br)cc2)c2ccccc2n1Cc1ccc(Cl)cc1. The first-order valence-electron chi connectivity index (χ1n) is 8.79. The second kappa shape index (κ2) is 7.78. The van der Waals surface area contributed by atoms with Crippen LogP contribution < -0.4 is 5.62 Å². The van der Waals surface area contributed by atoms with Gasteiger partial charge < -0.3 is 9.13 Å². The third kappa shape index (κ3) is 3.68. The van der Waals surface area contributed by atoms with Crippen molar-refractivity contribution in [2.75, 3.05) is 0 Å². The molecule has 0 atom stereocenters. The molecule has 0 spiro atoms. The summed E-state index contributed by atoms with van der Waals surface area (Å²) in [7, 11) is 0. The molecular formula is C22H17BrClN3O. The Morgan fingerprint density at radius 1 is 0.893 bits per heavy atom. The molecule has 1 aromatic heterocycles. The van der Waals surface area contributed by atoms with Gasteiger partial charge in [0.1, 0.15) is 0 Å². The second-order valence-corrected chi connectivity index (χ2v) is 7.89. The summed E-state index contributed by atoms with van der Waals surface area (Å²) in [4.78, 5) is 12.8. The molecule has 4 aromatic rings. The maximum Gasteiger partial charge on any atom is 0.203 e. The van der Waals surface area contributed by atoms with Gasteiger partial charge in [-0.15, -0.1) is 0 Å². The average Bonchev–Trinajstić information content (AvgIpc) is 2.96. The van der Waals surface area contributed by atoms with Crippen molar-refractivity contribution in [3.63, 3.8) is 0 Å². The number of hydrogen-bond donors (Lipinski definition) is 1. The van der Waals surface area contributed by atoms with Crippen LogP contribution in [0.2, 0.25) is 5.02 Å². The topological polar surface area (TPSA) is 50.8 Å². The summed E-state index contributed by atoms with van der Waals surface area (Å²) >= 11 is 9.37. The number of nitrogens with one attached hydrogen (secondary N) is 1. The maximum absolute atomic E-state index is 12.8. The average molecular weight is 455 g/mol. The number of para-hydroxylation sites is 2. The van der Waals surface area contributed by atoms with Crippen molar-refractivity contribution in [3.05, 3.63) is 99.0 Å². The van der Waals surface area contributed by atoms with Gasteiger partial charge >= 0.3 is 0 Å². The van der Waals surface area contributed by atoms with Crippen LogP contribution in [0, 0.1) is 5.41 Å². The summed E-state index contributed by atoms with van der Waals surface area (Å²) in [6.45, 7) is 0.657. The number of fused-ring (bicyclic) bond motifs is 1. The number of nitrogens with zero attached hydrogens (tertiary/aromatic N) is 2. The standard InChI is InChI=1S/C22H17BrClN3O/c23-17-9-7-16(8-10-17)21(28)14-27-20-4-2-1-3-19(20)26(22(27)25)13-15-5-11-18(24)12-6-15/h1-12,25H,13-14H2. The van der Waals surface area contributed by atoms with Crippen LogP contribution in [0.15, 0.2) is 77.3 Å². The molecule has 0 unspecified atom stereocenters. The van der Waals surface area contributed by atoms with E-state index in [1.54, 1.807) is 16.7 Å². The van der Waals surface area contributed by atoms with Crippen molar-refractivity contribution >= 4 is 44.3 Å². The molecule has 28 heavy (non-hydrogen) atoms. The van der Waals surface area contributed by atoms with E-state index >= 15 is 0 Å². The summed E-state index contributed by atoms with van der Waals surface area (Å²) in [5.74, 6) is -0.0274. The zero-order valence-corrected chi connectivity index (χ0v) is 17.2. The molecule has 1 heterocycles. The van der Waals surface area contributed by atoms with Crippen LogP contribution in [0.1, 0.15) is 15.9 Å². The lowest BCUT2D eigenvalue weighted by Gasteiger charge is -2.06. The lowest BCUT2D eigenvalue weighted by Crippen LogP contribution is -2.27. The smallest absolute Gasteiger partial charge is 0.203 e. The number of benzene rings is 3. The predicted octanol–water partition coefficient (Wildman–Crippen LogP) is 5.27. The van der Waals surface area contributed by atoms with E-state index in [0.29, 0.717) is 22.7 Å². The lowest BCUT2D eigenvalue weighted by atomic mass is 10.1. The number of ketones is 1. The van der Waals surface area contributed by atoms with E-state index in [4.69, 9.17) is 17.0 Å². The van der Waals surface area contributed by atoms with Gasteiger partial charge in [0, 0.05) is 15.1 Å². The Bertz CT molecular complexity index is 1210. The highest BCUT2D eigenvalue weighted by Crippen LogP contribution is 2.17. The van der Waals surface area contributed by atoms with E-state index in [9.17, 15) is 4.79 Å². The molecule has 140 valence electrons. The number of hydrogen-bond acceptors (Lipinski definition) is 2. The van der Waals surface area contributed by atoms with Gasteiger partial charge in [-0.3, -0.25) is 10.2 Å². The van der Waals surface area contributed by atoms with Crippen LogP contribution in [0.5, 0.6) is 0 Å². The Morgan fingerprint density at radius 3 is 2.14 bits per heavy atom. The van der Waals surface area contributed by atoms with Crippen LogP contribution in [-0.4, -0.2) is 14.9 Å². The molecule has 0 saturated heterocycles.